The quantitative estimate of drug-likeness (QED) is 0.235. The van der Waals surface area contributed by atoms with E-state index in [-0.39, 0.29) is 16.8 Å². The summed E-state index contributed by atoms with van der Waals surface area (Å²) in [5, 5.41) is 12.7. The Hall–Kier alpha value is -4.04. The molecule has 4 rings (SSSR count). The molecule has 1 aromatic heterocycles. The summed E-state index contributed by atoms with van der Waals surface area (Å²) in [4.78, 5) is 28.6. The largest absolute Gasteiger partial charge is 0.494 e. The molecule has 0 atom stereocenters. The molecule has 0 spiro atoms. The number of nitrogens with one attached hydrogen (secondary N) is 2. The number of anilines is 2. The van der Waals surface area contributed by atoms with Gasteiger partial charge in [-0.15, -0.1) is 0 Å². The van der Waals surface area contributed by atoms with Gasteiger partial charge in [0.05, 0.1) is 11.5 Å². The van der Waals surface area contributed by atoms with E-state index in [0.717, 1.165) is 52.3 Å². The van der Waals surface area contributed by atoms with Gasteiger partial charge < -0.3 is 15.2 Å². The van der Waals surface area contributed by atoms with Crippen LogP contribution in [0.15, 0.2) is 77.6 Å². The van der Waals surface area contributed by atoms with E-state index in [1.165, 1.54) is 0 Å². The third-order valence-electron chi connectivity index (χ3n) is 5.76. The highest BCUT2D eigenvalue weighted by Crippen LogP contribution is 2.27. The lowest BCUT2D eigenvalue weighted by molar-refractivity contribution is 0.258. The highest BCUT2D eigenvalue weighted by Gasteiger charge is 2.13. The van der Waals surface area contributed by atoms with Crippen molar-refractivity contribution in [3.8, 4) is 22.8 Å². The van der Waals surface area contributed by atoms with Crippen LogP contribution >= 0.6 is 11.3 Å². The average Bonchev–Trinajstić information content (AvgIpc) is 3.21. The van der Waals surface area contributed by atoms with E-state index in [0.29, 0.717) is 23.6 Å². The summed E-state index contributed by atoms with van der Waals surface area (Å²) in [5.74, 6) is 0.716. The van der Waals surface area contributed by atoms with Crippen molar-refractivity contribution < 1.29 is 14.6 Å². The number of benzene rings is 3. The molecule has 0 aliphatic carbocycles. The number of thiazole rings is 1. The van der Waals surface area contributed by atoms with E-state index >= 15 is 0 Å². The first-order valence-electron chi connectivity index (χ1n) is 11.8. The summed E-state index contributed by atoms with van der Waals surface area (Å²) in [5.41, 5.74) is 4.41. The topological polar surface area (TPSA) is 94.7 Å². The Morgan fingerprint density at radius 3 is 2.47 bits per heavy atom. The molecular formula is C28H29N3O4S. The summed E-state index contributed by atoms with van der Waals surface area (Å²) in [6, 6.07) is 22.8. The number of aromatic amines is 1. The lowest BCUT2D eigenvalue weighted by atomic mass is 10.0. The molecule has 1 heterocycles. The van der Waals surface area contributed by atoms with Crippen molar-refractivity contribution in [2.45, 2.75) is 26.2 Å². The van der Waals surface area contributed by atoms with Crippen LogP contribution in [0, 0.1) is 0 Å². The molecule has 0 radical (unpaired) electrons. The van der Waals surface area contributed by atoms with E-state index < -0.39 is 0 Å². The van der Waals surface area contributed by atoms with Crippen molar-refractivity contribution in [1.29, 1.82) is 0 Å². The molecule has 3 aromatic carbocycles. The van der Waals surface area contributed by atoms with Crippen LogP contribution in [0.25, 0.3) is 11.1 Å². The number of nitrogens with zero attached hydrogens (tertiary/aromatic N) is 1. The first-order valence-corrected chi connectivity index (χ1v) is 12.6. The molecule has 4 aromatic rings. The van der Waals surface area contributed by atoms with Crippen LogP contribution in [0.3, 0.4) is 0 Å². The molecule has 0 saturated carbocycles. The van der Waals surface area contributed by atoms with E-state index in [4.69, 9.17) is 4.74 Å². The molecule has 0 aliphatic heterocycles. The number of carbonyl (C=O) groups excluding carboxylic acids is 1. The van der Waals surface area contributed by atoms with Gasteiger partial charge in [-0.3, -0.25) is 14.7 Å². The fourth-order valence-electron chi connectivity index (χ4n) is 3.66. The summed E-state index contributed by atoms with van der Waals surface area (Å²) in [6.07, 6.45) is 2.57. The van der Waals surface area contributed by atoms with Gasteiger partial charge >= 0.3 is 10.9 Å². The van der Waals surface area contributed by atoms with Crippen molar-refractivity contribution in [3.05, 3.63) is 92.9 Å². The molecule has 0 saturated heterocycles. The summed E-state index contributed by atoms with van der Waals surface area (Å²) in [6.45, 7) is 2.80. The molecular weight excluding hydrogens is 474 g/mol. The van der Waals surface area contributed by atoms with E-state index in [2.05, 4.69) is 17.2 Å². The Kier molecular flexibility index (Phi) is 8.07. The van der Waals surface area contributed by atoms with Crippen LogP contribution in [0.1, 0.15) is 30.2 Å². The van der Waals surface area contributed by atoms with Crippen molar-refractivity contribution >= 4 is 28.7 Å². The Morgan fingerprint density at radius 1 is 1.06 bits per heavy atom. The fraction of sp³-hybridized carbons (Fsp3) is 0.214. The average molecular weight is 504 g/mol. The predicted molar refractivity (Wildman–Crippen MR) is 146 cm³/mol. The van der Waals surface area contributed by atoms with Gasteiger partial charge in [-0.25, -0.2) is 4.79 Å². The molecule has 0 unspecified atom stereocenters. The molecule has 3 N–H and O–H groups in total. The van der Waals surface area contributed by atoms with Crippen LogP contribution in [0.4, 0.5) is 16.2 Å². The summed E-state index contributed by atoms with van der Waals surface area (Å²) >= 11 is 1.01. The molecule has 8 heteroatoms. The second-order valence-corrected chi connectivity index (χ2v) is 9.49. The molecule has 0 aliphatic rings. The number of amides is 2. The smallest absolute Gasteiger partial charge is 0.326 e. The van der Waals surface area contributed by atoms with Gasteiger partial charge in [0, 0.05) is 24.8 Å². The SMILES string of the molecule is CCCCOc1ccc(NC(=O)N(C)c2cccc(-c3ccc(Cc4sc(=O)[nH]c4O)cc3)c2)cc1. The normalized spacial score (nSPS) is 10.7. The first-order chi connectivity index (χ1) is 17.4. The second-order valence-electron chi connectivity index (χ2n) is 8.43. The van der Waals surface area contributed by atoms with Gasteiger partial charge in [0.2, 0.25) is 5.88 Å². The number of carbonyl (C=O) groups is 1. The minimum absolute atomic E-state index is 0.0701. The Labute approximate surface area is 214 Å². The van der Waals surface area contributed by atoms with E-state index in [1.807, 2.05) is 72.8 Å². The molecule has 7 nitrogen and oxygen atoms in total. The number of aromatic nitrogens is 1. The van der Waals surface area contributed by atoms with Gasteiger partial charge in [0.15, 0.2) is 0 Å². The summed E-state index contributed by atoms with van der Waals surface area (Å²) in [7, 11) is 1.73. The Bertz CT molecular complexity index is 1360. The van der Waals surface area contributed by atoms with Gasteiger partial charge in [-0.1, -0.05) is 61.1 Å². The second kappa shape index (κ2) is 11.6. The minimum Gasteiger partial charge on any atom is -0.494 e. The number of H-pyrrole nitrogens is 1. The number of aromatic hydroxyl groups is 1. The zero-order chi connectivity index (χ0) is 25.5. The van der Waals surface area contributed by atoms with Crippen LogP contribution in [-0.2, 0) is 6.42 Å². The maximum atomic E-state index is 12.8. The molecule has 0 bridgehead atoms. The number of hydrogen-bond acceptors (Lipinski definition) is 5. The zero-order valence-electron chi connectivity index (χ0n) is 20.3. The van der Waals surface area contributed by atoms with Crippen LogP contribution in [-0.4, -0.2) is 29.8 Å². The van der Waals surface area contributed by atoms with Gasteiger partial charge in [0.1, 0.15) is 5.75 Å². The lowest BCUT2D eigenvalue weighted by Gasteiger charge is -2.19. The monoisotopic (exact) mass is 503 g/mol. The minimum atomic E-state index is -0.266. The third-order valence-corrected chi connectivity index (χ3v) is 6.63. The van der Waals surface area contributed by atoms with Gasteiger partial charge in [-0.05, 0) is 59.5 Å². The maximum absolute atomic E-state index is 12.8. The molecule has 0 fully saturated rings. The van der Waals surface area contributed by atoms with Crippen LogP contribution in [0.5, 0.6) is 11.6 Å². The Morgan fingerprint density at radius 2 is 1.81 bits per heavy atom. The number of hydrogen-bond donors (Lipinski definition) is 3. The number of rotatable bonds is 9. The third kappa shape index (κ3) is 6.34. The maximum Gasteiger partial charge on any atom is 0.326 e. The predicted octanol–water partition coefficient (Wildman–Crippen LogP) is 6.25. The number of urea groups is 1. The molecule has 186 valence electrons. The van der Waals surface area contributed by atoms with Gasteiger partial charge in [-0.2, -0.15) is 0 Å². The number of ether oxygens (including phenoxy) is 1. The van der Waals surface area contributed by atoms with Crippen molar-refractivity contribution in [2.75, 3.05) is 23.9 Å². The fourth-order valence-corrected chi connectivity index (χ4v) is 4.42. The van der Waals surface area contributed by atoms with Gasteiger partial charge in [0.25, 0.3) is 0 Å². The van der Waals surface area contributed by atoms with Crippen LogP contribution < -0.4 is 19.8 Å². The van der Waals surface area contributed by atoms with Crippen LogP contribution in [0.2, 0.25) is 0 Å². The van der Waals surface area contributed by atoms with E-state index in [1.54, 1.807) is 11.9 Å². The van der Waals surface area contributed by atoms with Crippen molar-refractivity contribution in [1.82, 2.24) is 4.98 Å². The number of unbranched alkanes of at least 4 members (excludes halogenated alkanes) is 1. The first kappa shape index (κ1) is 25.1. The molecule has 36 heavy (non-hydrogen) atoms. The van der Waals surface area contributed by atoms with Crippen molar-refractivity contribution in [2.24, 2.45) is 0 Å². The zero-order valence-corrected chi connectivity index (χ0v) is 21.1. The molecule has 2 amide bonds. The highest BCUT2D eigenvalue weighted by atomic mass is 32.1. The Balaban J connectivity index is 1.40. The highest BCUT2D eigenvalue weighted by molar-refractivity contribution is 7.09. The van der Waals surface area contributed by atoms with E-state index in [9.17, 15) is 14.7 Å². The lowest BCUT2D eigenvalue weighted by Crippen LogP contribution is -2.31. The summed E-state index contributed by atoms with van der Waals surface area (Å²) < 4.78 is 5.67. The van der Waals surface area contributed by atoms with Crippen molar-refractivity contribution in [3.63, 3.8) is 0 Å². The standard InChI is InChI=1S/C28H29N3O4S/c1-3-4-16-35-24-14-12-22(13-15-24)29-27(33)31(2)23-7-5-6-21(18-23)20-10-8-19(9-11-20)17-25-26(32)30-28(34)36-25/h5-15,18,32H,3-4,16-17H2,1-2H3,(H,29,33)(H,30,34).